The molecule has 9 heteroatoms. The fraction of sp³-hybridized carbons (Fsp3) is 0.357. The van der Waals surface area contributed by atoms with Gasteiger partial charge >= 0.3 is 11.9 Å². The number of carbonyl (C=O) groups is 3. The number of hydrogen-bond acceptors (Lipinski definition) is 7. The van der Waals surface area contributed by atoms with Gasteiger partial charge in [0, 0.05) is 20.2 Å². The maximum absolute atomic E-state index is 11.0. The van der Waals surface area contributed by atoms with Gasteiger partial charge in [0.05, 0.1) is 19.9 Å². The van der Waals surface area contributed by atoms with Crippen molar-refractivity contribution in [3.8, 4) is 0 Å². The van der Waals surface area contributed by atoms with Crippen molar-refractivity contribution >= 4 is 18.2 Å². The van der Waals surface area contributed by atoms with Gasteiger partial charge in [0.15, 0.2) is 6.29 Å². The highest BCUT2D eigenvalue weighted by atomic mass is 16.5. The molecule has 0 fully saturated rings. The predicted molar refractivity (Wildman–Crippen MR) is 79.2 cm³/mol. The highest BCUT2D eigenvalue weighted by Gasteiger charge is 2.12. The predicted octanol–water partition coefficient (Wildman–Crippen LogP) is 0.534. The first-order valence-corrected chi connectivity index (χ1v) is 6.50. The maximum atomic E-state index is 11.0. The van der Waals surface area contributed by atoms with Crippen LogP contribution in [0.3, 0.4) is 0 Å². The minimum absolute atomic E-state index is 0.220. The van der Waals surface area contributed by atoms with Crippen LogP contribution in [-0.2, 0) is 23.6 Å². The zero-order chi connectivity index (χ0) is 17.6. The van der Waals surface area contributed by atoms with Crippen LogP contribution < -0.4 is 0 Å². The largest absolute Gasteiger partial charge is 0.464 e. The van der Waals surface area contributed by atoms with Gasteiger partial charge in [0.25, 0.3) is 0 Å². The molecule has 0 amide bonds. The zero-order valence-corrected chi connectivity index (χ0v) is 13.6. The summed E-state index contributed by atoms with van der Waals surface area (Å²) in [5, 5.41) is 7.74. The first kappa shape index (κ1) is 18.1. The minimum Gasteiger partial charge on any atom is -0.464 e. The number of aromatic nitrogens is 4. The molecule has 0 N–H and O–H groups in total. The van der Waals surface area contributed by atoms with Crippen molar-refractivity contribution in [3.05, 3.63) is 34.9 Å². The molecule has 0 bridgehead atoms. The summed E-state index contributed by atoms with van der Waals surface area (Å²) in [6.45, 7) is 1.83. The number of methoxy groups -OCH3 is 2. The van der Waals surface area contributed by atoms with Gasteiger partial charge in [-0.2, -0.15) is 10.2 Å². The van der Waals surface area contributed by atoms with Gasteiger partial charge in [0.1, 0.15) is 17.1 Å². The van der Waals surface area contributed by atoms with Crippen LogP contribution in [0.15, 0.2) is 12.1 Å². The molecular formula is C14H18N4O5. The first-order chi connectivity index (χ1) is 10.8. The summed E-state index contributed by atoms with van der Waals surface area (Å²) in [7, 11) is 5.90. The molecule has 2 rings (SSSR count). The SMILES string of the molecule is COC(=O)c1cc(C)nn1C.COC(=O)c1cc(C=O)nn1C. The van der Waals surface area contributed by atoms with E-state index in [2.05, 4.69) is 19.7 Å². The van der Waals surface area contributed by atoms with Gasteiger partial charge in [-0.05, 0) is 13.0 Å². The zero-order valence-electron chi connectivity index (χ0n) is 13.6. The number of aryl methyl sites for hydroxylation is 3. The maximum Gasteiger partial charge on any atom is 0.356 e. The summed E-state index contributed by atoms with van der Waals surface area (Å²) in [6.07, 6.45) is 0.576. The van der Waals surface area contributed by atoms with Crippen LogP contribution in [0, 0.1) is 6.92 Å². The van der Waals surface area contributed by atoms with E-state index in [1.807, 2.05) is 6.92 Å². The fourth-order valence-electron chi connectivity index (χ4n) is 1.75. The van der Waals surface area contributed by atoms with E-state index in [-0.39, 0.29) is 17.4 Å². The summed E-state index contributed by atoms with van der Waals surface area (Å²) in [5.74, 6) is -0.855. The average molecular weight is 322 g/mol. The molecule has 124 valence electrons. The van der Waals surface area contributed by atoms with Crippen molar-refractivity contribution in [2.45, 2.75) is 6.92 Å². The molecule has 0 spiro atoms. The number of nitrogens with zero attached hydrogens (tertiary/aromatic N) is 4. The molecular weight excluding hydrogens is 304 g/mol. The molecule has 2 heterocycles. The van der Waals surface area contributed by atoms with E-state index in [4.69, 9.17) is 0 Å². The topological polar surface area (TPSA) is 105 Å². The van der Waals surface area contributed by atoms with Crippen molar-refractivity contribution in [1.29, 1.82) is 0 Å². The Morgan fingerprint density at radius 3 is 1.83 bits per heavy atom. The molecule has 0 unspecified atom stereocenters. The van der Waals surface area contributed by atoms with E-state index in [1.165, 1.54) is 29.6 Å². The third-order valence-corrected chi connectivity index (χ3v) is 2.81. The Hall–Kier alpha value is -2.97. The van der Waals surface area contributed by atoms with Gasteiger partial charge in [-0.25, -0.2) is 9.59 Å². The van der Waals surface area contributed by atoms with E-state index >= 15 is 0 Å². The Bertz CT molecular complexity index is 717. The normalized spacial score (nSPS) is 9.61. The lowest BCUT2D eigenvalue weighted by Crippen LogP contribution is -2.07. The second kappa shape index (κ2) is 7.87. The van der Waals surface area contributed by atoms with Crippen LogP contribution in [0.5, 0.6) is 0 Å². The van der Waals surface area contributed by atoms with Crippen molar-refractivity contribution in [3.63, 3.8) is 0 Å². The Balaban J connectivity index is 0.000000231. The van der Waals surface area contributed by atoms with E-state index in [0.717, 1.165) is 5.69 Å². The standard InChI is InChI=1S/C7H8N2O3.C7H10N2O2/c1-9-6(7(11)12-2)3-5(4-10)8-9;1-5-4-6(7(10)11-3)9(2)8-5/h3-4H,1-2H3;4H,1-3H3. The summed E-state index contributed by atoms with van der Waals surface area (Å²) in [6, 6.07) is 3.06. The van der Waals surface area contributed by atoms with Crippen molar-refractivity contribution in [1.82, 2.24) is 19.6 Å². The number of aldehydes is 1. The van der Waals surface area contributed by atoms with E-state index in [0.29, 0.717) is 12.0 Å². The summed E-state index contributed by atoms with van der Waals surface area (Å²) in [5.41, 5.74) is 1.77. The molecule has 23 heavy (non-hydrogen) atoms. The summed E-state index contributed by atoms with van der Waals surface area (Å²) < 4.78 is 11.8. The van der Waals surface area contributed by atoms with E-state index in [1.54, 1.807) is 20.2 Å². The molecule has 0 aliphatic heterocycles. The molecule has 2 aromatic heterocycles. The van der Waals surface area contributed by atoms with Crippen LogP contribution in [0.1, 0.15) is 37.2 Å². The number of hydrogen-bond donors (Lipinski definition) is 0. The molecule has 0 radical (unpaired) electrons. The van der Waals surface area contributed by atoms with Gasteiger partial charge in [-0.15, -0.1) is 0 Å². The van der Waals surface area contributed by atoms with Crippen LogP contribution in [-0.4, -0.2) is 52.0 Å². The Morgan fingerprint density at radius 2 is 1.48 bits per heavy atom. The molecule has 0 aromatic carbocycles. The van der Waals surface area contributed by atoms with Crippen molar-refractivity contribution < 1.29 is 23.9 Å². The lowest BCUT2D eigenvalue weighted by atomic mass is 10.4. The minimum atomic E-state index is -0.502. The Kier molecular flexibility index (Phi) is 6.19. The Labute approximate surface area is 132 Å². The van der Waals surface area contributed by atoms with E-state index < -0.39 is 5.97 Å². The van der Waals surface area contributed by atoms with E-state index in [9.17, 15) is 14.4 Å². The van der Waals surface area contributed by atoms with Gasteiger partial charge < -0.3 is 9.47 Å². The van der Waals surface area contributed by atoms with Crippen molar-refractivity contribution in [2.24, 2.45) is 14.1 Å². The lowest BCUT2D eigenvalue weighted by molar-refractivity contribution is 0.0579. The van der Waals surface area contributed by atoms with Gasteiger partial charge in [0.2, 0.25) is 0 Å². The monoisotopic (exact) mass is 322 g/mol. The van der Waals surface area contributed by atoms with Crippen LogP contribution in [0.2, 0.25) is 0 Å². The van der Waals surface area contributed by atoms with Crippen molar-refractivity contribution in [2.75, 3.05) is 14.2 Å². The first-order valence-electron chi connectivity index (χ1n) is 6.50. The molecule has 0 aliphatic carbocycles. The second-order valence-corrected chi connectivity index (χ2v) is 4.47. The lowest BCUT2D eigenvalue weighted by Gasteiger charge is -1.96. The summed E-state index contributed by atoms with van der Waals surface area (Å²) >= 11 is 0. The smallest absolute Gasteiger partial charge is 0.356 e. The van der Waals surface area contributed by atoms with Gasteiger partial charge in [-0.3, -0.25) is 14.2 Å². The molecule has 9 nitrogen and oxygen atoms in total. The summed E-state index contributed by atoms with van der Waals surface area (Å²) in [4.78, 5) is 32.2. The van der Waals surface area contributed by atoms with Gasteiger partial charge in [-0.1, -0.05) is 0 Å². The number of ether oxygens (including phenoxy) is 2. The number of carbonyl (C=O) groups excluding carboxylic acids is 3. The fourth-order valence-corrected chi connectivity index (χ4v) is 1.75. The van der Waals surface area contributed by atoms with Crippen LogP contribution in [0.4, 0.5) is 0 Å². The quantitative estimate of drug-likeness (QED) is 0.599. The number of rotatable bonds is 3. The molecule has 0 aliphatic rings. The highest BCUT2D eigenvalue weighted by molar-refractivity contribution is 5.89. The highest BCUT2D eigenvalue weighted by Crippen LogP contribution is 2.03. The Morgan fingerprint density at radius 1 is 1.00 bits per heavy atom. The molecule has 0 atom stereocenters. The van der Waals surface area contributed by atoms with Crippen LogP contribution >= 0.6 is 0 Å². The third-order valence-electron chi connectivity index (χ3n) is 2.81. The molecule has 0 saturated heterocycles. The second-order valence-electron chi connectivity index (χ2n) is 4.47. The molecule has 2 aromatic rings. The average Bonchev–Trinajstić information content (AvgIpc) is 3.08. The molecule has 0 saturated carbocycles. The van der Waals surface area contributed by atoms with Crippen LogP contribution in [0.25, 0.3) is 0 Å². The third kappa shape index (κ3) is 4.50. The number of esters is 2.